The van der Waals surface area contributed by atoms with Crippen molar-refractivity contribution in [2.75, 3.05) is 6.61 Å². The van der Waals surface area contributed by atoms with Crippen LogP contribution < -0.4 is 5.32 Å². The molecule has 0 aromatic heterocycles. The molecular formula is C10H22NO8P. The zero-order chi connectivity index (χ0) is 15.9. The SMILES string of the molecule is CC(=O)NC(C(O)CCCOP(=O)(O)O)C(O)C(C)O. The van der Waals surface area contributed by atoms with Gasteiger partial charge in [0.2, 0.25) is 5.91 Å². The number of hydrogen-bond acceptors (Lipinski definition) is 6. The fourth-order valence-electron chi connectivity index (χ4n) is 1.60. The van der Waals surface area contributed by atoms with E-state index in [2.05, 4.69) is 9.84 Å². The molecule has 0 rings (SSSR count). The lowest BCUT2D eigenvalue weighted by atomic mass is 9.97. The molecule has 0 aromatic carbocycles. The average molecular weight is 315 g/mol. The van der Waals surface area contributed by atoms with Crippen molar-refractivity contribution in [3.05, 3.63) is 0 Å². The summed E-state index contributed by atoms with van der Waals surface area (Å²) in [6.07, 6.45) is -3.59. The Hall–Kier alpha value is -0.540. The summed E-state index contributed by atoms with van der Waals surface area (Å²) in [6.45, 7) is 2.23. The monoisotopic (exact) mass is 315 g/mol. The maximum atomic E-state index is 11.0. The fraction of sp³-hybridized carbons (Fsp3) is 0.900. The molecule has 6 N–H and O–H groups in total. The highest BCUT2D eigenvalue weighted by Gasteiger charge is 2.30. The zero-order valence-corrected chi connectivity index (χ0v) is 12.2. The van der Waals surface area contributed by atoms with E-state index in [1.54, 1.807) is 0 Å². The van der Waals surface area contributed by atoms with E-state index in [1.165, 1.54) is 13.8 Å². The molecule has 10 heteroatoms. The number of amides is 1. The highest BCUT2D eigenvalue weighted by Crippen LogP contribution is 2.35. The quantitative estimate of drug-likeness (QED) is 0.221. The molecule has 20 heavy (non-hydrogen) atoms. The maximum absolute atomic E-state index is 11.0. The molecule has 0 aromatic rings. The van der Waals surface area contributed by atoms with E-state index < -0.39 is 38.1 Å². The van der Waals surface area contributed by atoms with Crippen LogP contribution in [-0.2, 0) is 13.9 Å². The number of carbonyl (C=O) groups is 1. The average Bonchev–Trinajstić information content (AvgIpc) is 2.28. The van der Waals surface area contributed by atoms with Gasteiger partial charge < -0.3 is 30.4 Å². The van der Waals surface area contributed by atoms with Gasteiger partial charge in [-0.2, -0.15) is 0 Å². The third-order valence-electron chi connectivity index (χ3n) is 2.55. The van der Waals surface area contributed by atoms with E-state index in [-0.39, 0.29) is 19.4 Å². The summed E-state index contributed by atoms with van der Waals surface area (Å²) >= 11 is 0. The fourth-order valence-corrected chi connectivity index (χ4v) is 1.97. The molecule has 0 spiro atoms. The smallest absolute Gasteiger partial charge is 0.391 e. The highest BCUT2D eigenvalue weighted by atomic mass is 31.2. The molecular weight excluding hydrogens is 293 g/mol. The molecule has 0 saturated heterocycles. The second-order valence-corrected chi connectivity index (χ2v) is 5.73. The van der Waals surface area contributed by atoms with Gasteiger partial charge in [0.1, 0.15) is 6.10 Å². The molecule has 0 heterocycles. The molecule has 0 aliphatic carbocycles. The summed E-state index contributed by atoms with van der Waals surface area (Å²) < 4.78 is 14.6. The van der Waals surface area contributed by atoms with Gasteiger partial charge in [0.25, 0.3) is 0 Å². The Morgan fingerprint density at radius 1 is 1.30 bits per heavy atom. The Kier molecular flexibility index (Phi) is 8.45. The molecule has 120 valence electrons. The van der Waals surface area contributed by atoms with Gasteiger partial charge in [-0.15, -0.1) is 0 Å². The van der Waals surface area contributed by atoms with Gasteiger partial charge in [-0.3, -0.25) is 9.32 Å². The number of aliphatic hydroxyl groups excluding tert-OH is 3. The highest BCUT2D eigenvalue weighted by molar-refractivity contribution is 7.46. The Morgan fingerprint density at radius 3 is 2.25 bits per heavy atom. The van der Waals surface area contributed by atoms with E-state index in [4.69, 9.17) is 9.79 Å². The molecule has 0 bridgehead atoms. The summed E-state index contributed by atoms with van der Waals surface area (Å²) in [7, 11) is -4.55. The van der Waals surface area contributed by atoms with Crippen LogP contribution in [0.3, 0.4) is 0 Å². The molecule has 0 radical (unpaired) electrons. The number of phosphoric acid groups is 1. The van der Waals surface area contributed by atoms with E-state index in [1.807, 2.05) is 0 Å². The standard InChI is InChI=1S/C10H22NO8P/c1-6(12)10(15)9(11-7(2)13)8(14)4-3-5-19-20(16,17)18/h6,8-10,12,14-15H,3-5H2,1-2H3,(H,11,13)(H2,16,17,18). The summed E-state index contributed by atoms with van der Waals surface area (Å²) in [6, 6.07) is -1.08. The lowest BCUT2D eigenvalue weighted by Gasteiger charge is -2.29. The van der Waals surface area contributed by atoms with E-state index in [0.717, 1.165) is 0 Å². The minimum Gasteiger partial charge on any atom is -0.391 e. The van der Waals surface area contributed by atoms with Crippen LogP contribution in [0.2, 0.25) is 0 Å². The third-order valence-corrected chi connectivity index (χ3v) is 3.07. The number of nitrogens with one attached hydrogen (secondary N) is 1. The third kappa shape index (κ3) is 8.60. The van der Waals surface area contributed by atoms with Crippen LogP contribution in [-0.4, -0.2) is 62.0 Å². The topological polar surface area (TPSA) is 157 Å². The van der Waals surface area contributed by atoms with Crippen molar-refractivity contribution in [1.82, 2.24) is 5.32 Å². The van der Waals surface area contributed by atoms with Crippen molar-refractivity contribution in [1.29, 1.82) is 0 Å². The first-order valence-corrected chi connectivity index (χ1v) is 7.59. The van der Waals surface area contributed by atoms with E-state index in [0.29, 0.717) is 0 Å². The van der Waals surface area contributed by atoms with Crippen molar-refractivity contribution in [2.45, 2.75) is 51.0 Å². The molecule has 0 aliphatic rings. The van der Waals surface area contributed by atoms with Crippen LogP contribution in [0, 0.1) is 0 Å². The lowest BCUT2D eigenvalue weighted by molar-refractivity contribution is -0.123. The van der Waals surface area contributed by atoms with Gasteiger partial charge in [0.15, 0.2) is 0 Å². The van der Waals surface area contributed by atoms with Gasteiger partial charge in [-0.05, 0) is 19.8 Å². The summed E-state index contributed by atoms with van der Waals surface area (Å²) in [5, 5.41) is 31.2. The van der Waals surface area contributed by atoms with Crippen LogP contribution in [0.5, 0.6) is 0 Å². The first kappa shape index (κ1) is 19.5. The minimum atomic E-state index is -4.55. The van der Waals surface area contributed by atoms with Gasteiger partial charge >= 0.3 is 7.82 Å². The predicted octanol–water partition coefficient (Wildman–Crippen LogP) is -1.52. The Balaban J connectivity index is 4.37. The first-order chi connectivity index (χ1) is 9.04. The largest absolute Gasteiger partial charge is 0.469 e. The number of rotatable bonds is 9. The van der Waals surface area contributed by atoms with Crippen molar-refractivity contribution < 1.29 is 39.0 Å². The van der Waals surface area contributed by atoms with Crippen molar-refractivity contribution in [3.63, 3.8) is 0 Å². The molecule has 0 aliphatic heterocycles. The number of hydrogen-bond donors (Lipinski definition) is 6. The van der Waals surface area contributed by atoms with Crippen LogP contribution in [0.15, 0.2) is 0 Å². The zero-order valence-electron chi connectivity index (χ0n) is 11.3. The van der Waals surface area contributed by atoms with Crippen molar-refractivity contribution >= 4 is 13.7 Å². The van der Waals surface area contributed by atoms with Crippen molar-refractivity contribution in [2.24, 2.45) is 0 Å². The molecule has 1 amide bonds. The first-order valence-electron chi connectivity index (χ1n) is 6.06. The Labute approximate surface area is 116 Å². The van der Waals surface area contributed by atoms with Gasteiger partial charge in [-0.1, -0.05) is 0 Å². The second-order valence-electron chi connectivity index (χ2n) is 4.49. The maximum Gasteiger partial charge on any atom is 0.469 e. The Morgan fingerprint density at radius 2 is 1.85 bits per heavy atom. The van der Waals surface area contributed by atoms with Crippen LogP contribution >= 0.6 is 7.82 Å². The summed E-state index contributed by atoms with van der Waals surface area (Å²) in [5.74, 6) is -0.486. The van der Waals surface area contributed by atoms with E-state index in [9.17, 15) is 24.7 Å². The van der Waals surface area contributed by atoms with Crippen LogP contribution in [0.25, 0.3) is 0 Å². The molecule has 4 atom stereocenters. The number of carbonyl (C=O) groups excluding carboxylic acids is 1. The summed E-state index contributed by atoms with van der Waals surface area (Å²) in [4.78, 5) is 27.9. The number of phosphoric ester groups is 1. The van der Waals surface area contributed by atoms with Crippen LogP contribution in [0.1, 0.15) is 26.7 Å². The van der Waals surface area contributed by atoms with Gasteiger partial charge in [-0.25, -0.2) is 4.57 Å². The summed E-state index contributed by atoms with van der Waals surface area (Å²) in [5.41, 5.74) is 0. The molecule has 0 fully saturated rings. The predicted molar refractivity (Wildman–Crippen MR) is 68.5 cm³/mol. The molecule has 4 unspecified atom stereocenters. The van der Waals surface area contributed by atoms with Crippen LogP contribution in [0.4, 0.5) is 0 Å². The second kappa shape index (κ2) is 8.68. The Bertz CT molecular complexity index is 344. The molecule has 9 nitrogen and oxygen atoms in total. The van der Waals surface area contributed by atoms with Gasteiger partial charge in [0, 0.05) is 6.92 Å². The number of aliphatic hydroxyl groups is 3. The van der Waals surface area contributed by atoms with Crippen molar-refractivity contribution in [3.8, 4) is 0 Å². The van der Waals surface area contributed by atoms with E-state index >= 15 is 0 Å². The molecule has 0 saturated carbocycles. The lowest BCUT2D eigenvalue weighted by Crippen LogP contribution is -2.53. The van der Waals surface area contributed by atoms with Gasteiger partial charge in [0.05, 0.1) is 24.9 Å². The minimum absolute atomic E-state index is 0.0225. The normalized spacial score (nSPS) is 18.1.